The Balaban J connectivity index is 1.50. The van der Waals surface area contributed by atoms with Gasteiger partial charge in [0.05, 0.1) is 17.3 Å². The van der Waals surface area contributed by atoms with Crippen LogP contribution in [0.25, 0.3) is 16.9 Å². The molecule has 0 radical (unpaired) electrons. The summed E-state index contributed by atoms with van der Waals surface area (Å²) in [5.74, 6) is 0.530. The van der Waals surface area contributed by atoms with Crippen molar-refractivity contribution in [2.24, 2.45) is 5.92 Å². The van der Waals surface area contributed by atoms with Gasteiger partial charge in [0.2, 0.25) is 11.8 Å². The van der Waals surface area contributed by atoms with Gasteiger partial charge in [-0.2, -0.15) is 0 Å². The lowest BCUT2D eigenvalue weighted by Crippen LogP contribution is -2.24. The summed E-state index contributed by atoms with van der Waals surface area (Å²) in [7, 11) is 0. The van der Waals surface area contributed by atoms with Crippen LogP contribution in [0.5, 0.6) is 0 Å². The average Bonchev–Trinajstić information content (AvgIpc) is 3.38. The first-order valence-corrected chi connectivity index (χ1v) is 10.0. The van der Waals surface area contributed by atoms with Crippen LogP contribution in [0.4, 0.5) is 5.82 Å². The van der Waals surface area contributed by atoms with Crippen molar-refractivity contribution in [1.29, 1.82) is 0 Å². The zero-order valence-corrected chi connectivity index (χ0v) is 16.0. The van der Waals surface area contributed by atoms with Crippen molar-refractivity contribution < 1.29 is 9.59 Å². The van der Waals surface area contributed by atoms with Crippen LogP contribution in [0.15, 0.2) is 60.7 Å². The van der Waals surface area contributed by atoms with Gasteiger partial charge in [-0.1, -0.05) is 36.4 Å². The van der Waals surface area contributed by atoms with Crippen LogP contribution in [0.1, 0.15) is 30.7 Å². The molecule has 1 atom stereocenters. The summed E-state index contributed by atoms with van der Waals surface area (Å²) in [6.45, 7) is 0.375. The fraction of sp³-hybridized carbons (Fsp3) is 0.261. The van der Waals surface area contributed by atoms with Crippen LogP contribution >= 0.6 is 0 Å². The maximum Gasteiger partial charge on any atom is 0.230 e. The van der Waals surface area contributed by atoms with E-state index in [4.69, 9.17) is 0 Å². The van der Waals surface area contributed by atoms with Crippen LogP contribution in [-0.2, 0) is 9.59 Å². The van der Waals surface area contributed by atoms with Crippen LogP contribution < -0.4 is 10.6 Å². The molecule has 2 fully saturated rings. The van der Waals surface area contributed by atoms with Gasteiger partial charge in [-0.25, -0.2) is 4.68 Å². The first-order chi connectivity index (χ1) is 14.2. The van der Waals surface area contributed by atoms with Crippen LogP contribution in [0.3, 0.4) is 0 Å². The smallest absolute Gasteiger partial charge is 0.230 e. The topological polar surface area (TPSA) is 76.0 Å². The molecule has 2 heterocycles. The third-order valence-corrected chi connectivity index (χ3v) is 5.54. The number of aromatic nitrogens is 2. The highest BCUT2D eigenvalue weighted by molar-refractivity contribution is 5.97. The Bertz CT molecular complexity index is 1070. The summed E-state index contributed by atoms with van der Waals surface area (Å²) >= 11 is 0. The van der Waals surface area contributed by atoms with E-state index in [9.17, 15) is 9.59 Å². The Labute approximate surface area is 168 Å². The average molecular weight is 386 g/mol. The molecule has 0 bridgehead atoms. The lowest BCUT2D eigenvalue weighted by molar-refractivity contribution is -0.123. The lowest BCUT2D eigenvalue weighted by Gasteiger charge is -2.09. The van der Waals surface area contributed by atoms with Crippen molar-refractivity contribution in [2.75, 3.05) is 11.9 Å². The van der Waals surface area contributed by atoms with Gasteiger partial charge >= 0.3 is 0 Å². The molecule has 6 heteroatoms. The van der Waals surface area contributed by atoms with E-state index >= 15 is 0 Å². The zero-order chi connectivity index (χ0) is 19.8. The van der Waals surface area contributed by atoms with Crippen molar-refractivity contribution in [3.05, 3.63) is 66.2 Å². The fourth-order valence-electron chi connectivity index (χ4n) is 3.80. The monoisotopic (exact) mass is 386 g/mol. The number of carbonyl (C=O) groups is 2. The van der Waals surface area contributed by atoms with Crippen LogP contribution in [-0.4, -0.2) is 28.1 Å². The molecule has 1 aliphatic heterocycles. The predicted molar refractivity (Wildman–Crippen MR) is 111 cm³/mol. The van der Waals surface area contributed by atoms with E-state index in [0.29, 0.717) is 18.3 Å². The SMILES string of the molecule is O=C1C[C@H](C(=O)Nc2cc(-c3cccc(C4CC4)c3)n(-c3ccccc3)n2)CN1. The Morgan fingerprint density at radius 2 is 1.90 bits per heavy atom. The van der Waals surface area contributed by atoms with Crippen LogP contribution in [0.2, 0.25) is 0 Å². The zero-order valence-electron chi connectivity index (χ0n) is 16.0. The summed E-state index contributed by atoms with van der Waals surface area (Å²) in [4.78, 5) is 24.0. The van der Waals surface area contributed by atoms with E-state index < -0.39 is 0 Å². The fourth-order valence-corrected chi connectivity index (χ4v) is 3.80. The third-order valence-electron chi connectivity index (χ3n) is 5.54. The van der Waals surface area contributed by atoms with E-state index in [1.165, 1.54) is 18.4 Å². The molecule has 146 valence electrons. The molecule has 5 rings (SSSR count). The van der Waals surface area contributed by atoms with Gasteiger partial charge in [-0.05, 0) is 42.5 Å². The van der Waals surface area contributed by atoms with Gasteiger partial charge in [0.15, 0.2) is 5.82 Å². The summed E-state index contributed by atoms with van der Waals surface area (Å²) in [6.07, 6.45) is 2.72. The minimum absolute atomic E-state index is 0.0856. The molecule has 2 N–H and O–H groups in total. The van der Waals surface area contributed by atoms with Crippen molar-refractivity contribution in [3.63, 3.8) is 0 Å². The van der Waals surface area contributed by atoms with Gasteiger partial charge in [-0.3, -0.25) is 9.59 Å². The quantitative estimate of drug-likeness (QED) is 0.705. The number of benzene rings is 2. The first-order valence-electron chi connectivity index (χ1n) is 10.0. The number of nitrogens with zero attached hydrogens (tertiary/aromatic N) is 2. The molecule has 6 nitrogen and oxygen atoms in total. The molecular formula is C23H22N4O2. The van der Waals surface area contributed by atoms with Crippen molar-refractivity contribution in [1.82, 2.24) is 15.1 Å². The highest BCUT2D eigenvalue weighted by Crippen LogP contribution is 2.41. The van der Waals surface area contributed by atoms with E-state index in [-0.39, 0.29) is 24.2 Å². The number of carbonyl (C=O) groups excluding carboxylic acids is 2. The number of hydrogen-bond donors (Lipinski definition) is 2. The Morgan fingerprint density at radius 1 is 1.07 bits per heavy atom. The largest absolute Gasteiger partial charge is 0.355 e. The minimum atomic E-state index is -0.356. The highest BCUT2D eigenvalue weighted by atomic mass is 16.2. The molecular weight excluding hydrogens is 364 g/mol. The van der Waals surface area contributed by atoms with Gasteiger partial charge in [0.1, 0.15) is 0 Å². The molecule has 0 spiro atoms. The third kappa shape index (κ3) is 3.66. The molecule has 1 aliphatic carbocycles. The second-order valence-corrected chi connectivity index (χ2v) is 7.76. The molecule has 0 unspecified atom stereocenters. The standard InChI is InChI=1S/C23H22N4O2/c28-22-12-18(14-24-22)23(29)25-21-13-20(27(26-21)19-7-2-1-3-8-19)17-6-4-5-16(11-17)15-9-10-15/h1-8,11,13,15,18H,9-10,12,14H2,(H,24,28)(H,25,26,29)/t18-/m0/s1. The van der Waals surface area contributed by atoms with E-state index in [1.807, 2.05) is 41.1 Å². The molecule has 3 aromatic rings. The van der Waals surface area contributed by atoms with Crippen molar-refractivity contribution >= 4 is 17.6 Å². The second-order valence-electron chi connectivity index (χ2n) is 7.76. The van der Waals surface area contributed by atoms with E-state index in [0.717, 1.165) is 16.9 Å². The summed E-state index contributed by atoms with van der Waals surface area (Å²) in [6, 6.07) is 20.3. The number of hydrogen-bond acceptors (Lipinski definition) is 3. The lowest BCUT2D eigenvalue weighted by atomic mass is 10.0. The summed E-state index contributed by atoms with van der Waals surface area (Å²) < 4.78 is 1.86. The van der Waals surface area contributed by atoms with Gasteiger partial charge in [-0.15, -0.1) is 5.10 Å². The maximum atomic E-state index is 12.6. The summed E-state index contributed by atoms with van der Waals surface area (Å²) in [5, 5.41) is 10.2. The van der Waals surface area contributed by atoms with Gasteiger partial charge < -0.3 is 10.6 Å². The Morgan fingerprint density at radius 3 is 2.62 bits per heavy atom. The first kappa shape index (κ1) is 17.7. The maximum absolute atomic E-state index is 12.6. The molecule has 1 saturated carbocycles. The number of amides is 2. The van der Waals surface area contributed by atoms with Gasteiger partial charge in [0, 0.05) is 24.6 Å². The van der Waals surface area contributed by atoms with Crippen molar-refractivity contribution in [3.8, 4) is 16.9 Å². The molecule has 29 heavy (non-hydrogen) atoms. The Hall–Kier alpha value is -3.41. The van der Waals surface area contributed by atoms with Crippen molar-refractivity contribution in [2.45, 2.75) is 25.2 Å². The molecule has 2 aromatic carbocycles. The van der Waals surface area contributed by atoms with E-state index in [2.05, 4.69) is 40.0 Å². The van der Waals surface area contributed by atoms with Crippen LogP contribution in [0, 0.1) is 5.92 Å². The molecule has 2 aliphatic rings. The van der Waals surface area contributed by atoms with Gasteiger partial charge in [0.25, 0.3) is 0 Å². The number of para-hydroxylation sites is 1. The van der Waals surface area contributed by atoms with E-state index in [1.54, 1.807) is 0 Å². The summed E-state index contributed by atoms with van der Waals surface area (Å²) in [5.41, 5.74) is 4.28. The Kier molecular flexibility index (Phi) is 4.39. The second kappa shape index (κ2) is 7.20. The number of rotatable bonds is 5. The number of nitrogens with one attached hydrogen (secondary N) is 2. The highest BCUT2D eigenvalue weighted by Gasteiger charge is 2.29. The minimum Gasteiger partial charge on any atom is -0.355 e. The molecule has 1 saturated heterocycles. The molecule has 1 aromatic heterocycles. The number of anilines is 1. The normalized spacial score (nSPS) is 18.5. The predicted octanol–water partition coefficient (Wildman–Crippen LogP) is 3.49. The molecule has 2 amide bonds.